The van der Waals surface area contributed by atoms with Gasteiger partial charge in [-0.3, -0.25) is 4.79 Å². The Morgan fingerprint density at radius 1 is 1.08 bits per heavy atom. The number of halogens is 2. The smallest absolute Gasteiger partial charge is 0.250 e. The maximum atomic E-state index is 13.8. The number of hydrogen-bond donors (Lipinski definition) is 1. The number of anilines is 1. The number of rotatable bonds is 4. The van der Waals surface area contributed by atoms with Crippen molar-refractivity contribution < 1.29 is 22.0 Å². The molecule has 1 fully saturated rings. The van der Waals surface area contributed by atoms with E-state index in [9.17, 15) is 22.0 Å². The fourth-order valence-corrected chi connectivity index (χ4v) is 4.17. The van der Waals surface area contributed by atoms with E-state index in [1.54, 1.807) is 12.1 Å². The summed E-state index contributed by atoms with van der Waals surface area (Å²) in [6, 6.07) is 5.56. The molecule has 26 heavy (non-hydrogen) atoms. The van der Waals surface area contributed by atoms with Crippen LogP contribution in [0.1, 0.15) is 10.4 Å². The largest absolute Gasteiger partial charge is 0.366 e. The van der Waals surface area contributed by atoms with Crippen LogP contribution in [0.4, 0.5) is 14.6 Å². The van der Waals surface area contributed by atoms with Crippen LogP contribution < -0.4 is 10.6 Å². The number of amides is 1. The van der Waals surface area contributed by atoms with Gasteiger partial charge in [-0.1, -0.05) is 0 Å². The second-order valence-corrected chi connectivity index (χ2v) is 7.64. The maximum Gasteiger partial charge on any atom is 0.250 e. The van der Waals surface area contributed by atoms with Crippen molar-refractivity contribution in [3.63, 3.8) is 0 Å². The summed E-state index contributed by atoms with van der Waals surface area (Å²) in [4.78, 5) is 16.5. The number of sulfonamides is 1. The summed E-state index contributed by atoms with van der Waals surface area (Å²) in [5.41, 5.74) is 5.44. The summed E-state index contributed by atoms with van der Waals surface area (Å²) in [7, 11) is -4.05. The highest BCUT2D eigenvalue weighted by Crippen LogP contribution is 2.22. The first kappa shape index (κ1) is 18.2. The number of hydrogen-bond acceptors (Lipinski definition) is 5. The quantitative estimate of drug-likeness (QED) is 0.850. The van der Waals surface area contributed by atoms with E-state index in [1.165, 1.54) is 6.20 Å². The van der Waals surface area contributed by atoms with E-state index in [1.807, 2.05) is 4.90 Å². The van der Waals surface area contributed by atoms with Crippen LogP contribution in [0, 0.1) is 11.6 Å². The van der Waals surface area contributed by atoms with E-state index in [0.717, 1.165) is 16.4 Å². The lowest BCUT2D eigenvalue weighted by Crippen LogP contribution is -2.49. The molecule has 0 spiro atoms. The molecule has 1 amide bonds. The van der Waals surface area contributed by atoms with E-state index in [2.05, 4.69) is 4.98 Å². The molecule has 138 valence electrons. The van der Waals surface area contributed by atoms with Gasteiger partial charge in [0.25, 0.3) is 0 Å². The van der Waals surface area contributed by atoms with E-state index in [0.29, 0.717) is 25.0 Å². The predicted octanol–water partition coefficient (Wildman–Crippen LogP) is 0.970. The number of aromatic nitrogens is 1. The SMILES string of the molecule is NC(=O)c1ccc(N2CCN(S(=O)(=O)c3ccc(F)cc3F)CC2)nc1. The van der Waals surface area contributed by atoms with Gasteiger partial charge in [0.2, 0.25) is 15.9 Å². The zero-order valence-electron chi connectivity index (χ0n) is 13.6. The average Bonchev–Trinajstić information content (AvgIpc) is 2.61. The molecule has 2 aromatic rings. The first-order valence-electron chi connectivity index (χ1n) is 7.75. The van der Waals surface area contributed by atoms with Gasteiger partial charge in [-0.25, -0.2) is 22.2 Å². The minimum absolute atomic E-state index is 0.123. The third-order valence-corrected chi connectivity index (χ3v) is 6.04. The van der Waals surface area contributed by atoms with Crippen molar-refractivity contribution in [2.24, 2.45) is 5.73 Å². The number of benzene rings is 1. The summed E-state index contributed by atoms with van der Waals surface area (Å²) in [5.74, 6) is -1.95. The van der Waals surface area contributed by atoms with Gasteiger partial charge in [0.05, 0.1) is 5.56 Å². The van der Waals surface area contributed by atoms with Gasteiger partial charge in [-0.2, -0.15) is 4.31 Å². The van der Waals surface area contributed by atoms with Crippen molar-refractivity contribution in [2.75, 3.05) is 31.1 Å². The Kier molecular flexibility index (Phi) is 4.88. The van der Waals surface area contributed by atoms with Gasteiger partial charge in [-0.05, 0) is 24.3 Å². The minimum Gasteiger partial charge on any atom is -0.366 e. The summed E-state index contributed by atoms with van der Waals surface area (Å²) >= 11 is 0. The number of nitrogens with two attached hydrogens (primary N) is 1. The molecule has 7 nitrogen and oxygen atoms in total. The van der Waals surface area contributed by atoms with Gasteiger partial charge >= 0.3 is 0 Å². The third-order valence-electron chi connectivity index (χ3n) is 4.11. The van der Waals surface area contributed by atoms with E-state index in [-0.39, 0.29) is 18.7 Å². The molecule has 0 saturated carbocycles. The zero-order valence-corrected chi connectivity index (χ0v) is 14.4. The van der Waals surface area contributed by atoms with Crippen LogP contribution in [-0.2, 0) is 10.0 Å². The zero-order chi connectivity index (χ0) is 18.9. The number of piperazine rings is 1. The second-order valence-electron chi connectivity index (χ2n) is 5.74. The van der Waals surface area contributed by atoms with Gasteiger partial charge in [0, 0.05) is 38.4 Å². The van der Waals surface area contributed by atoms with Crippen molar-refractivity contribution >= 4 is 21.7 Å². The minimum atomic E-state index is -4.05. The fraction of sp³-hybridized carbons (Fsp3) is 0.250. The number of carbonyl (C=O) groups excluding carboxylic acids is 1. The van der Waals surface area contributed by atoms with Crippen LogP contribution in [0.15, 0.2) is 41.4 Å². The monoisotopic (exact) mass is 382 g/mol. The normalized spacial score (nSPS) is 15.8. The van der Waals surface area contributed by atoms with Gasteiger partial charge in [0.1, 0.15) is 22.3 Å². The van der Waals surface area contributed by atoms with Crippen molar-refractivity contribution in [1.29, 1.82) is 0 Å². The molecule has 1 aliphatic rings. The molecule has 1 saturated heterocycles. The molecule has 3 rings (SSSR count). The molecule has 2 heterocycles. The summed E-state index contributed by atoms with van der Waals surface area (Å²) in [6.45, 7) is 0.923. The molecule has 1 aromatic heterocycles. The molecule has 0 unspecified atom stereocenters. The Labute approximate surface area is 149 Å². The lowest BCUT2D eigenvalue weighted by molar-refractivity contribution is 0.1000. The Balaban J connectivity index is 1.72. The highest BCUT2D eigenvalue weighted by atomic mass is 32.2. The van der Waals surface area contributed by atoms with Crippen molar-refractivity contribution in [3.8, 4) is 0 Å². The van der Waals surface area contributed by atoms with Crippen molar-refractivity contribution in [3.05, 3.63) is 53.7 Å². The lowest BCUT2D eigenvalue weighted by Gasteiger charge is -2.34. The number of carbonyl (C=O) groups is 1. The first-order chi connectivity index (χ1) is 12.3. The summed E-state index contributed by atoms with van der Waals surface area (Å²) < 4.78 is 53.1. The van der Waals surface area contributed by atoms with Crippen molar-refractivity contribution in [2.45, 2.75) is 4.90 Å². The topological polar surface area (TPSA) is 96.6 Å². The fourth-order valence-electron chi connectivity index (χ4n) is 2.70. The van der Waals surface area contributed by atoms with E-state index < -0.39 is 32.5 Å². The standard InChI is InChI=1S/C16H16F2N4O3S/c17-12-2-3-14(13(18)9-12)26(24,25)22-7-5-21(6-8-22)15-4-1-11(10-20-15)16(19)23/h1-4,9-10H,5-8H2,(H2,19,23). The highest BCUT2D eigenvalue weighted by molar-refractivity contribution is 7.89. The van der Waals surface area contributed by atoms with Gasteiger partial charge < -0.3 is 10.6 Å². The van der Waals surface area contributed by atoms with Gasteiger partial charge in [0.15, 0.2) is 0 Å². The first-order valence-corrected chi connectivity index (χ1v) is 9.19. The molecule has 0 atom stereocenters. The van der Waals surface area contributed by atoms with Gasteiger partial charge in [-0.15, -0.1) is 0 Å². The molecule has 0 bridgehead atoms. The lowest BCUT2D eigenvalue weighted by atomic mass is 10.2. The number of nitrogens with zero attached hydrogens (tertiary/aromatic N) is 3. The second kappa shape index (κ2) is 6.96. The van der Waals surface area contributed by atoms with Crippen LogP contribution >= 0.6 is 0 Å². The number of pyridine rings is 1. The van der Waals surface area contributed by atoms with Crippen LogP contribution in [0.25, 0.3) is 0 Å². The molecule has 0 radical (unpaired) electrons. The Hall–Kier alpha value is -2.59. The Morgan fingerprint density at radius 3 is 2.31 bits per heavy atom. The molecule has 10 heteroatoms. The molecule has 1 aromatic carbocycles. The Morgan fingerprint density at radius 2 is 1.77 bits per heavy atom. The molecule has 2 N–H and O–H groups in total. The molecular formula is C16H16F2N4O3S. The molecular weight excluding hydrogens is 366 g/mol. The van der Waals surface area contributed by atoms with Crippen molar-refractivity contribution in [1.82, 2.24) is 9.29 Å². The average molecular weight is 382 g/mol. The Bertz CT molecular complexity index is 927. The third kappa shape index (κ3) is 3.51. The summed E-state index contributed by atoms with van der Waals surface area (Å²) in [6.07, 6.45) is 1.36. The van der Waals surface area contributed by atoms with Crippen LogP contribution in [0.2, 0.25) is 0 Å². The highest BCUT2D eigenvalue weighted by Gasteiger charge is 2.31. The number of primary amides is 1. The van der Waals surface area contributed by atoms with E-state index in [4.69, 9.17) is 5.73 Å². The molecule has 1 aliphatic heterocycles. The van der Waals surface area contributed by atoms with E-state index >= 15 is 0 Å². The predicted molar refractivity (Wildman–Crippen MR) is 90.1 cm³/mol. The maximum absolute atomic E-state index is 13.8. The summed E-state index contributed by atoms with van der Waals surface area (Å²) in [5, 5.41) is 0. The van der Waals surface area contributed by atoms with Crippen LogP contribution in [0.5, 0.6) is 0 Å². The van der Waals surface area contributed by atoms with Crippen LogP contribution in [0.3, 0.4) is 0 Å². The molecule has 0 aliphatic carbocycles. The van der Waals surface area contributed by atoms with Crippen LogP contribution in [-0.4, -0.2) is 49.8 Å².